The van der Waals surface area contributed by atoms with Gasteiger partial charge in [-0.1, -0.05) is 73.5 Å². The van der Waals surface area contributed by atoms with Crippen LogP contribution in [0.2, 0.25) is 0 Å². The van der Waals surface area contributed by atoms with E-state index < -0.39 is 5.60 Å². The highest BCUT2D eigenvalue weighted by molar-refractivity contribution is 5.82. The molecule has 2 aromatic rings. The van der Waals surface area contributed by atoms with Crippen molar-refractivity contribution < 1.29 is 9.90 Å². The van der Waals surface area contributed by atoms with Crippen molar-refractivity contribution in [3.8, 4) is 0 Å². The van der Waals surface area contributed by atoms with Crippen LogP contribution in [0, 0.1) is 5.92 Å². The fourth-order valence-electron chi connectivity index (χ4n) is 6.35. The summed E-state index contributed by atoms with van der Waals surface area (Å²) in [5.74, 6) is 0.422. The Labute approximate surface area is 185 Å². The lowest BCUT2D eigenvalue weighted by atomic mass is 9.66. The smallest absolute Gasteiger partial charge is 0.240 e. The predicted octanol–water partition coefficient (Wildman–Crippen LogP) is 4.33. The first-order valence-electron chi connectivity index (χ1n) is 12.0. The highest BCUT2D eigenvalue weighted by Gasteiger charge is 2.51. The molecule has 4 nitrogen and oxygen atoms in total. The Morgan fingerprint density at radius 3 is 2.39 bits per heavy atom. The van der Waals surface area contributed by atoms with Gasteiger partial charge in [0.2, 0.25) is 5.91 Å². The van der Waals surface area contributed by atoms with Gasteiger partial charge >= 0.3 is 0 Å². The molecule has 2 saturated heterocycles. The summed E-state index contributed by atoms with van der Waals surface area (Å²) >= 11 is 0. The molecule has 1 amide bonds. The molecule has 0 radical (unpaired) electrons. The molecular formula is C27H34N2O2. The van der Waals surface area contributed by atoms with Crippen LogP contribution in [-0.4, -0.2) is 46.0 Å². The van der Waals surface area contributed by atoms with E-state index in [1.165, 1.54) is 5.56 Å². The van der Waals surface area contributed by atoms with Crippen molar-refractivity contribution in [2.45, 2.75) is 69.2 Å². The van der Waals surface area contributed by atoms with Crippen LogP contribution in [-0.2, 0) is 16.9 Å². The maximum absolute atomic E-state index is 13.8. The molecule has 3 fully saturated rings. The summed E-state index contributed by atoms with van der Waals surface area (Å²) in [5, 5.41) is 11.8. The predicted molar refractivity (Wildman–Crippen MR) is 122 cm³/mol. The van der Waals surface area contributed by atoms with Crippen molar-refractivity contribution in [3.63, 3.8) is 0 Å². The third-order valence-corrected chi connectivity index (χ3v) is 7.91. The third-order valence-electron chi connectivity index (χ3n) is 7.91. The van der Waals surface area contributed by atoms with Gasteiger partial charge in [0.05, 0.1) is 11.6 Å². The average Bonchev–Trinajstić information content (AvgIpc) is 3.28. The third kappa shape index (κ3) is 3.92. The van der Waals surface area contributed by atoms with E-state index in [1.54, 1.807) is 0 Å². The topological polar surface area (TPSA) is 43.8 Å². The minimum atomic E-state index is -0.817. The molecule has 2 aromatic carbocycles. The maximum Gasteiger partial charge on any atom is 0.240 e. The molecular weight excluding hydrogens is 384 g/mol. The van der Waals surface area contributed by atoms with Crippen LogP contribution in [0.25, 0.3) is 0 Å². The second-order valence-corrected chi connectivity index (χ2v) is 9.64. The molecule has 1 saturated carbocycles. The van der Waals surface area contributed by atoms with E-state index in [-0.39, 0.29) is 18.0 Å². The molecule has 31 heavy (non-hydrogen) atoms. The molecule has 4 heteroatoms. The first kappa shape index (κ1) is 20.7. The summed E-state index contributed by atoms with van der Waals surface area (Å²) < 4.78 is 0. The molecule has 2 aliphatic heterocycles. The van der Waals surface area contributed by atoms with E-state index in [4.69, 9.17) is 0 Å². The molecule has 0 bridgehead atoms. The minimum absolute atomic E-state index is 0.0225. The zero-order valence-corrected chi connectivity index (χ0v) is 18.3. The number of likely N-dealkylation sites (tertiary alicyclic amines) is 2. The number of nitrogens with zero attached hydrogens (tertiary/aromatic N) is 2. The van der Waals surface area contributed by atoms with Gasteiger partial charge in [-0.25, -0.2) is 0 Å². The van der Waals surface area contributed by atoms with E-state index in [1.807, 2.05) is 24.3 Å². The maximum atomic E-state index is 13.8. The normalized spacial score (nSPS) is 31.4. The van der Waals surface area contributed by atoms with Crippen molar-refractivity contribution in [3.05, 3.63) is 71.8 Å². The number of benzene rings is 2. The lowest BCUT2D eigenvalue weighted by Gasteiger charge is -2.53. The zero-order valence-electron chi connectivity index (χ0n) is 18.3. The van der Waals surface area contributed by atoms with Crippen LogP contribution in [0.15, 0.2) is 60.7 Å². The summed E-state index contributed by atoms with van der Waals surface area (Å²) in [5.41, 5.74) is 1.48. The SMILES string of the molecule is O=C([C@@H]1CCCN1Cc1ccccc1)N1CCC(O)(c2ccccc2)C2CCCCC21. The molecule has 1 aliphatic carbocycles. The first-order valence-corrected chi connectivity index (χ1v) is 12.0. The Hall–Kier alpha value is -2.17. The van der Waals surface area contributed by atoms with Gasteiger partial charge in [0.15, 0.2) is 0 Å². The molecule has 164 valence electrons. The number of carbonyl (C=O) groups is 1. The van der Waals surface area contributed by atoms with Crippen LogP contribution in [0.1, 0.15) is 56.1 Å². The zero-order chi connectivity index (χ0) is 21.3. The number of fused-ring (bicyclic) bond motifs is 1. The number of piperidine rings is 1. The minimum Gasteiger partial charge on any atom is -0.385 e. The monoisotopic (exact) mass is 418 g/mol. The lowest BCUT2D eigenvalue weighted by molar-refractivity contribution is -0.159. The first-order chi connectivity index (χ1) is 15.2. The molecule has 3 aliphatic rings. The fraction of sp³-hybridized carbons (Fsp3) is 0.519. The van der Waals surface area contributed by atoms with E-state index in [0.717, 1.165) is 57.2 Å². The Kier molecular flexibility index (Phi) is 5.85. The second kappa shape index (κ2) is 8.76. The quantitative estimate of drug-likeness (QED) is 0.804. The molecule has 0 aromatic heterocycles. The van der Waals surface area contributed by atoms with Gasteiger partial charge in [0, 0.05) is 25.0 Å². The van der Waals surface area contributed by atoms with E-state index in [0.29, 0.717) is 18.9 Å². The lowest BCUT2D eigenvalue weighted by Crippen LogP contribution is -2.61. The van der Waals surface area contributed by atoms with Crippen LogP contribution < -0.4 is 0 Å². The fourth-order valence-corrected chi connectivity index (χ4v) is 6.35. The average molecular weight is 419 g/mol. The Morgan fingerprint density at radius 2 is 1.61 bits per heavy atom. The van der Waals surface area contributed by atoms with Crippen molar-refractivity contribution >= 4 is 5.91 Å². The number of aliphatic hydroxyl groups is 1. The van der Waals surface area contributed by atoms with Gasteiger partial charge < -0.3 is 10.0 Å². The highest BCUT2D eigenvalue weighted by atomic mass is 16.3. The van der Waals surface area contributed by atoms with Gasteiger partial charge in [-0.3, -0.25) is 9.69 Å². The second-order valence-electron chi connectivity index (χ2n) is 9.64. The highest BCUT2D eigenvalue weighted by Crippen LogP contribution is 2.47. The summed E-state index contributed by atoms with van der Waals surface area (Å²) in [6, 6.07) is 20.8. The Balaban J connectivity index is 1.36. The van der Waals surface area contributed by atoms with Crippen LogP contribution >= 0.6 is 0 Å². The van der Waals surface area contributed by atoms with Crippen LogP contribution in [0.4, 0.5) is 0 Å². The van der Waals surface area contributed by atoms with Gasteiger partial charge in [-0.2, -0.15) is 0 Å². The van der Waals surface area contributed by atoms with Gasteiger partial charge in [0.1, 0.15) is 0 Å². The Bertz CT molecular complexity index is 887. The molecule has 4 atom stereocenters. The summed E-state index contributed by atoms with van der Waals surface area (Å²) in [4.78, 5) is 18.3. The summed E-state index contributed by atoms with van der Waals surface area (Å²) in [6.07, 6.45) is 6.96. The van der Waals surface area contributed by atoms with E-state index >= 15 is 0 Å². The van der Waals surface area contributed by atoms with Gasteiger partial charge in [-0.05, 0) is 49.8 Å². The molecule has 1 N–H and O–H groups in total. The summed E-state index contributed by atoms with van der Waals surface area (Å²) in [6.45, 7) is 2.48. The molecule has 0 spiro atoms. The van der Waals surface area contributed by atoms with Crippen molar-refractivity contribution in [2.24, 2.45) is 5.92 Å². The number of hydrogen-bond donors (Lipinski definition) is 1. The number of hydrogen-bond acceptors (Lipinski definition) is 3. The number of amides is 1. The van der Waals surface area contributed by atoms with E-state index in [2.05, 4.69) is 46.2 Å². The summed E-state index contributed by atoms with van der Waals surface area (Å²) in [7, 11) is 0. The molecule has 2 heterocycles. The van der Waals surface area contributed by atoms with Crippen molar-refractivity contribution in [2.75, 3.05) is 13.1 Å². The largest absolute Gasteiger partial charge is 0.385 e. The molecule has 3 unspecified atom stereocenters. The number of carbonyl (C=O) groups excluding carboxylic acids is 1. The molecule has 5 rings (SSSR count). The van der Waals surface area contributed by atoms with E-state index in [9.17, 15) is 9.90 Å². The van der Waals surface area contributed by atoms with Crippen LogP contribution in [0.3, 0.4) is 0 Å². The Morgan fingerprint density at radius 1 is 0.903 bits per heavy atom. The standard InChI is InChI=1S/C27H34N2O2/c30-26(25-16-9-18-28(25)20-21-10-3-1-4-11-21)29-19-17-27(31,22-12-5-2-6-13-22)23-14-7-8-15-24(23)29/h1-6,10-13,23-25,31H,7-9,14-20H2/t23?,24?,25-,27?/m0/s1. The number of rotatable bonds is 4. The van der Waals surface area contributed by atoms with Crippen molar-refractivity contribution in [1.82, 2.24) is 9.80 Å². The van der Waals surface area contributed by atoms with Gasteiger partial charge in [-0.15, -0.1) is 0 Å². The van der Waals surface area contributed by atoms with Gasteiger partial charge in [0.25, 0.3) is 0 Å². The van der Waals surface area contributed by atoms with Crippen LogP contribution in [0.5, 0.6) is 0 Å². The van der Waals surface area contributed by atoms with Crippen molar-refractivity contribution in [1.29, 1.82) is 0 Å².